The summed E-state index contributed by atoms with van der Waals surface area (Å²) in [6.07, 6.45) is 3.61. The van der Waals surface area contributed by atoms with E-state index in [1.54, 1.807) is 11.3 Å². The highest BCUT2D eigenvalue weighted by Gasteiger charge is 2.26. The van der Waals surface area contributed by atoms with Crippen molar-refractivity contribution in [3.8, 4) is 0 Å². The maximum absolute atomic E-state index is 12.2. The average molecular weight is 359 g/mol. The van der Waals surface area contributed by atoms with Gasteiger partial charge in [-0.2, -0.15) is 0 Å². The molecule has 0 aliphatic carbocycles. The van der Waals surface area contributed by atoms with Crippen LogP contribution >= 0.6 is 11.3 Å². The molecular weight excluding hydrogens is 334 g/mol. The molecule has 0 spiro atoms. The Hall–Kier alpha value is -1.76. The number of aryl methyl sites for hydroxylation is 2. The molecule has 3 N–H and O–H groups in total. The Morgan fingerprint density at radius 3 is 2.80 bits per heavy atom. The fourth-order valence-corrected chi connectivity index (χ4v) is 3.82. The first-order chi connectivity index (χ1) is 12.2. The molecule has 134 valence electrons. The number of benzene rings is 1. The molecule has 1 unspecified atom stereocenters. The minimum absolute atomic E-state index is 0.0919. The van der Waals surface area contributed by atoms with Crippen LogP contribution in [0.1, 0.15) is 29.1 Å². The summed E-state index contributed by atoms with van der Waals surface area (Å²) in [5.74, 6) is 0.122. The van der Waals surface area contributed by atoms with E-state index in [0.717, 1.165) is 36.4 Å². The zero-order chi connectivity index (χ0) is 17.5. The molecule has 1 saturated heterocycles. The van der Waals surface area contributed by atoms with Crippen LogP contribution < -0.4 is 11.1 Å². The van der Waals surface area contributed by atoms with Gasteiger partial charge in [-0.05, 0) is 30.7 Å². The number of amides is 1. The Labute approximate surface area is 152 Å². The molecule has 0 saturated carbocycles. The van der Waals surface area contributed by atoms with E-state index in [1.807, 2.05) is 11.4 Å². The van der Waals surface area contributed by atoms with Gasteiger partial charge in [0, 0.05) is 25.0 Å². The highest BCUT2D eigenvalue weighted by Crippen LogP contribution is 2.18. The molecule has 1 aliphatic rings. The molecule has 5 nitrogen and oxygen atoms in total. The molecule has 0 bridgehead atoms. The molecule has 1 amide bonds. The molecule has 1 aromatic heterocycles. The summed E-state index contributed by atoms with van der Waals surface area (Å²) < 4.78 is 5.32. The lowest BCUT2D eigenvalue weighted by Crippen LogP contribution is -2.46. The lowest BCUT2D eigenvalue weighted by atomic mass is 9.92. The van der Waals surface area contributed by atoms with Gasteiger partial charge in [0.2, 0.25) is 5.91 Å². The van der Waals surface area contributed by atoms with Crippen molar-refractivity contribution in [2.45, 2.75) is 38.3 Å². The van der Waals surface area contributed by atoms with Crippen molar-refractivity contribution in [2.75, 3.05) is 13.2 Å². The Bertz CT molecular complexity index is 668. The first kappa shape index (κ1) is 18.0. The van der Waals surface area contributed by atoms with Crippen LogP contribution in [0.3, 0.4) is 0 Å². The third kappa shape index (κ3) is 5.36. The summed E-state index contributed by atoms with van der Waals surface area (Å²) in [4.78, 5) is 16.8. The van der Waals surface area contributed by atoms with Gasteiger partial charge in [0.25, 0.3) is 0 Å². The molecule has 2 aromatic rings. The van der Waals surface area contributed by atoms with Gasteiger partial charge in [-0.1, -0.05) is 30.3 Å². The standard InChI is InChI=1S/C19H25N3O2S/c20-18(15-8-10-24-11-9-15)19(23)21-12-16-13-25-17(22-16)7-6-14-4-2-1-3-5-14/h1-5,13,15,18H,6-12,20H2,(H,21,23). The monoisotopic (exact) mass is 359 g/mol. The fourth-order valence-electron chi connectivity index (χ4n) is 3.03. The maximum Gasteiger partial charge on any atom is 0.237 e. The van der Waals surface area contributed by atoms with Gasteiger partial charge in [0.1, 0.15) is 0 Å². The summed E-state index contributed by atoms with van der Waals surface area (Å²) in [6.45, 7) is 1.84. The Morgan fingerprint density at radius 2 is 2.04 bits per heavy atom. The number of aromatic nitrogens is 1. The van der Waals surface area contributed by atoms with Crippen LogP contribution in [0.5, 0.6) is 0 Å². The summed E-state index contributed by atoms with van der Waals surface area (Å²) in [5.41, 5.74) is 8.31. The Balaban J connectivity index is 1.44. The van der Waals surface area contributed by atoms with Gasteiger partial charge in [0.15, 0.2) is 0 Å². The second kappa shape index (κ2) is 9.08. The van der Waals surface area contributed by atoms with E-state index in [1.165, 1.54) is 5.56 Å². The predicted molar refractivity (Wildman–Crippen MR) is 99.3 cm³/mol. The summed E-state index contributed by atoms with van der Waals surface area (Å²) in [6, 6.07) is 9.94. The zero-order valence-electron chi connectivity index (χ0n) is 14.3. The largest absolute Gasteiger partial charge is 0.381 e. The number of carbonyl (C=O) groups excluding carboxylic acids is 1. The topological polar surface area (TPSA) is 77.2 Å². The minimum Gasteiger partial charge on any atom is -0.381 e. The Kier molecular flexibility index (Phi) is 6.55. The molecule has 3 rings (SSSR count). The SMILES string of the molecule is NC(C(=O)NCc1csc(CCc2ccccc2)n1)C1CCOCC1. The highest BCUT2D eigenvalue weighted by atomic mass is 32.1. The summed E-state index contributed by atoms with van der Waals surface area (Å²) >= 11 is 1.65. The smallest absolute Gasteiger partial charge is 0.237 e. The number of ether oxygens (including phenoxy) is 1. The van der Waals surface area contributed by atoms with E-state index in [4.69, 9.17) is 10.5 Å². The second-order valence-electron chi connectivity index (χ2n) is 6.41. The molecular formula is C19H25N3O2S. The van der Waals surface area contributed by atoms with Crippen LogP contribution in [0.2, 0.25) is 0 Å². The van der Waals surface area contributed by atoms with Crippen molar-refractivity contribution >= 4 is 17.2 Å². The van der Waals surface area contributed by atoms with Crippen molar-refractivity contribution < 1.29 is 9.53 Å². The van der Waals surface area contributed by atoms with Gasteiger partial charge in [-0.3, -0.25) is 4.79 Å². The van der Waals surface area contributed by atoms with E-state index < -0.39 is 6.04 Å². The number of carbonyl (C=O) groups is 1. The molecule has 25 heavy (non-hydrogen) atoms. The van der Waals surface area contributed by atoms with Crippen LogP contribution in [0.25, 0.3) is 0 Å². The quantitative estimate of drug-likeness (QED) is 0.795. The molecule has 6 heteroatoms. The lowest BCUT2D eigenvalue weighted by molar-refractivity contribution is -0.124. The summed E-state index contributed by atoms with van der Waals surface area (Å²) in [5, 5.41) is 6.04. The average Bonchev–Trinajstić information content (AvgIpc) is 3.13. The van der Waals surface area contributed by atoms with E-state index in [2.05, 4.69) is 34.6 Å². The molecule has 1 aromatic carbocycles. The number of rotatable bonds is 7. The van der Waals surface area contributed by atoms with Gasteiger partial charge in [-0.25, -0.2) is 4.98 Å². The van der Waals surface area contributed by atoms with Crippen molar-refractivity contribution in [1.82, 2.24) is 10.3 Å². The molecule has 2 heterocycles. The number of nitrogens with zero attached hydrogens (tertiary/aromatic N) is 1. The third-order valence-electron chi connectivity index (χ3n) is 4.59. The van der Waals surface area contributed by atoms with E-state index >= 15 is 0 Å². The van der Waals surface area contributed by atoms with Gasteiger partial charge < -0.3 is 15.8 Å². The second-order valence-corrected chi connectivity index (χ2v) is 7.35. The van der Waals surface area contributed by atoms with Crippen LogP contribution in [0.15, 0.2) is 35.7 Å². The van der Waals surface area contributed by atoms with E-state index in [0.29, 0.717) is 19.8 Å². The minimum atomic E-state index is -0.458. The van der Waals surface area contributed by atoms with Gasteiger partial charge >= 0.3 is 0 Å². The first-order valence-corrected chi connectivity index (χ1v) is 9.68. The lowest BCUT2D eigenvalue weighted by Gasteiger charge is -2.26. The zero-order valence-corrected chi connectivity index (χ0v) is 15.1. The van der Waals surface area contributed by atoms with Crippen LogP contribution in [-0.4, -0.2) is 30.1 Å². The van der Waals surface area contributed by atoms with Crippen molar-refractivity contribution in [3.63, 3.8) is 0 Å². The van der Waals surface area contributed by atoms with Crippen LogP contribution in [0, 0.1) is 5.92 Å². The predicted octanol–water partition coefficient (Wildman–Crippen LogP) is 2.30. The summed E-state index contributed by atoms with van der Waals surface area (Å²) in [7, 11) is 0. The van der Waals surface area contributed by atoms with E-state index in [-0.39, 0.29) is 11.8 Å². The van der Waals surface area contributed by atoms with Crippen molar-refractivity contribution in [3.05, 3.63) is 52.0 Å². The molecule has 1 fully saturated rings. The number of thiazole rings is 1. The van der Waals surface area contributed by atoms with Crippen molar-refractivity contribution in [1.29, 1.82) is 0 Å². The molecule has 0 radical (unpaired) electrons. The normalized spacial score (nSPS) is 16.5. The number of nitrogens with one attached hydrogen (secondary N) is 1. The van der Waals surface area contributed by atoms with Crippen molar-refractivity contribution in [2.24, 2.45) is 11.7 Å². The van der Waals surface area contributed by atoms with Gasteiger partial charge in [-0.15, -0.1) is 11.3 Å². The third-order valence-corrected chi connectivity index (χ3v) is 5.55. The maximum atomic E-state index is 12.2. The number of hydrogen-bond donors (Lipinski definition) is 2. The molecule has 1 atom stereocenters. The Morgan fingerprint density at radius 1 is 1.28 bits per heavy atom. The van der Waals surface area contributed by atoms with Crippen LogP contribution in [-0.2, 0) is 28.9 Å². The van der Waals surface area contributed by atoms with E-state index in [9.17, 15) is 4.79 Å². The number of hydrogen-bond acceptors (Lipinski definition) is 5. The van der Waals surface area contributed by atoms with Crippen LogP contribution in [0.4, 0.5) is 0 Å². The highest BCUT2D eigenvalue weighted by molar-refractivity contribution is 7.09. The fraction of sp³-hybridized carbons (Fsp3) is 0.474. The first-order valence-electron chi connectivity index (χ1n) is 8.80. The van der Waals surface area contributed by atoms with Gasteiger partial charge in [0.05, 0.1) is 23.3 Å². The molecule has 1 aliphatic heterocycles. The number of nitrogens with two attached hydrogens (primary N) is 1.